The quantitative estimate of drug-likeness (QED) is 0.576. The predicted octanol–water partition coefficient (Wildman–Crippen LogP) is 0.225. The van der Waals surface area contributed by atoms with Gasteiger partial charge in [0.1, 0.15) is 10.8 Å². The monoisotopic (exact) mass is 320 g/mol. The highest BCUT2D eigenvalue weighted by atomic mass is 32.1. The lowest BCUT2D eigenvalue weighted by molar-refractivity contribution is 0.708. The fourth-order valence-corrected chi connectivity index (χ4v) is 3.18. The lowest BCUT2D eigenvalue weighted by atomic mass is 10.1. The van der Waals surface area contributed by atoms with Crippen molar-refractivity contribution in [3.8, 4) is 0 Å². The molecule has 3 rings (SSSR count). The van der Waals surface area contributed by atoms with Crippen LogP contribution in [0.25, 0.3) is 0 Å². The molecule has 1 aliphatic heterocycles. The lowest BCUT2D eigenvalue weighted by Gasteiger charge is -2.13. The summed E-state index contributed by atoms with van der Waals surface area (Å²) in [4.78, 5) is 8.73. The zero-order valence-electron chi connectivity index (χ0n) is 12.3. The van der Waals surface area contributed by atoms with Crippen molar-refractivity contribution in [3.05, 3.63) is 16.3 Å². The van der Waals surface area contributed by atoms with Crippen LogP contribution in [-0.4, -0.2) is 39.8 Å². The number of nitrogens with one attached hydrogen (secondary N) is 2. The second kappa shape index (κ2) is 6.84. The van der Waals surface area contributed by atoms with Crippen LogP contribution in [0.15, 0.2) is 0 Å². The first-order chi connectivity index (χ1) is 10.7. The third kappa shape index (κ3) is 3.60. The summed E-state index contributed by atoms with van der Waals surface area (Å²) in [5.41, 5.74) is 13.6. The molecule has 0 amide bonds. The molecular formula is C13H20N8S. The van der Waals surface area contributed by atoms with E-state index in [9.17, 15) is 0 Å². The van der Waals surface area contributed by atoms with E-state index in [1.165, 1.54) is 16.9 Å². The lowest BCUT2D eigenvalue weighted by Crippen LogP contribution is -2.16. The van der Waals surface area contributed by atoms with Gasteiger partial charge < -0.3 is 22.1 Å². The molecule has 0 fully saturated rings. The van der Waals surface area contributed by atoms with Gasteiger partial charge in [-0.3, -0.25) is 0 Å². The molecule has 118 valence electrons. The number of fused-ring (bicyclic) bond motifs is 1. The third-order valence-electron chi connectivity index (χ3n) is 3.54. The smallest absolute Gasteiger partial charge is 0.222 e. The van der Waals surface area contributed by atoms with E-state index in [0.29, 0.717) is 11.1 Å². The molecular weight excluding hydrogens is 300 g/mol. The van der Waals surface area contributed by atoms with Crippen molar-refractivity contribution < 1.29 is 0 Å². The van der Waals surface area contributed by atoms with Crippen LogP contribution in [0, 0.1) is 0 Å². The van der Waals surface area contributed by atoms with Crippen molar-refractivity contribution in [3.63, 3.8) is 0 Å². The Morgan fingerprint density at radius 3 is 2.82 bits per heavy atom. The Labute approximate surface area is 132 Å². The number of nitrogen functional groups attached to an aromatic ring is 2. The van der Waals surface area contributed by atoms with Crippen molar-refractivity contribution in [2.45, 2.75) is 25.7 Å². The van der Waals surface area contributed by atoms with Gasteiger partial charge in [-0.2, -0.15) is 4.98 Å². The van der Waals surface area contributed by atoms with Gasteiger partial charge >= 0.3 is 0 Å². The normalized spacial score (nSPS) is 14.4. The van der Waals surface area contributed by atoms with Gasteiger partial charge in [-0.15, -0.1) is 10.2 Å². The maximum atomic E-state index is 5.82. The number of aromatic nitrogens is 4. The molecule has 0 radical (unpaired) electrons. The molecule has 6 N–H and O–H groups in total. The predicted molar refractivity (Wildman–Crippen MR) is 87.9 cm³/mol. The van der Waals surface area contributed by atoms with Gasteiger partial charge in [0.25, 0.3) is 0 Å². The zero-order chi connectivity index (χ0) is 15.4. The second-order valence-corrected chi connectivity index (χ2v) is 6.26. The number of hydrogen-bond acceptors (Lipinski definition) is 9. The van der Waals surface area contributed by atoms with E-state index in [1.54, 1.807) is 0 Å². The standard InChI is InChI=1S/C13H20N8S/c14-12-18-9-4-7-16-6-3-8(9)11(19-12)17-5-1-2-10-20-21-13(15)22-10/h16H,1-7H2,(H2,15,21)(H3,14,17,18,19). The number of rotatable bonds is 5. The van der Waals surface area contributed by atoms with Gasteiger partial charge in [-0.1, -0.05) is 11.3 Å². The molecule has 0 unspecified atom stereocenters. The second-order valence-electron chi connectivity index (χ2n) is 5.17. The zero-order valence-corrected chi connectivity index (χ0v) is 13.1. The Balaban J connectivity index is 1.61. The van der Waals surface area contributed by atoms with E-state index in [-0.39, 0.29) is 0 Å². The Morgan fingerprint density at radius 1 is 1.14 bits per heavy atom. The molecule has 0 saturated heterocycles. The maximum absolute atomic E-state index is 5.82. The summed E-state index contributed by atoms with van der Waals surface area (Å²) in [7, 11) is 0. The van der Waals surface area contributed by atoms with Gasteiger partial charge in [0.15, 0.2) is 0 Å². The van der Waals surface area contributed by atoms with E-state index >= 15 is 0 Å². The van der Waals surface area contributed by atoms with Crippen molar-refractivity contribution in [2.24, 2.45) is 0 Å². The van der Waals surface area contributed by atoms with Gasteiger partial charge in [0, 0.05) is 31.5 Å². The van der Waals surface area contributed by atoms with Crippen molar-refractivity contribution in [1.82, 2.24) is 25.5 Å². The first-order valence-electron chi connectivity index (χ1n) is 7.40. The molecule has 1 aliphatic rings. The number of aryl methyl sites for hydroxylation is 1. The first-order valence-corrected chi connectivity index (χ1v) is 8.22. The number of nitrogens with zero attached hydrogens (tertiary/aromatic N) is 4. The van der Waals surface area contributed by atoms with Crippen LogP contribution in [-0.2, 0) is 19.3 Å². The summed E-state index contributed by atoms with van der Waals surface area (Å²) in [6, 6.07) is 0. The summed E-state index contributed by atoms with van der Waals surface area (Å²) >= 11 is 1.44. The van der Waals surface area contributed by atoms with Crippen molar-refractivity contribution >= 4 is 28.2 Å². The number of anilines is 3. The summed E-state index contributed by atoms with van der Waals surface area (Å²) in [6.07, 6.45) is 3.60. The molecule has 0 bridgehead atoms. The van der Waals surface area contributed by atoms with Gasteiger partial charge in [-0.05, 0) is 19.4 Å². The molecule has 0 saturated carbocycles. The highest BCUT2D eigenvalue weighted by molar-refractivity contribution is 7.15. The van der Waals surface area contributed by atoms with Crippen LogP contribution in [0.3, 0.4) is 0 Å². The summed E-state index contributed by atoms with van der Waals surface area (Å²) in [5.74, 6) is 1.20. The minimum Gasteiger partial charge on any atom is -0.374 e. The highest BCUT2D eigenvalue weighted by Crippen LogP contribution is 2.20. The largest absolute Gasteiger partial charge is 0.374 e. The molecule has 0 spiro atoms. The van der Waals surface area contributed by atoms with E-state index in [0.717, 1.165) is 61.8 Å². The number of hydrogen-bond donors (Lipinski definition) is 4. The van der Waals surface area contributed by atoms with Gasteiger partial charge in [-0.25, -0.2) is 4.98 Å². The van der Waals surface area contributed by atoms with Crippen molar-refractivity contribution in [2.75, 3.05) is 36.4 Å². The van der Waals surface area contributed by atoms with Crippen LogP contribution in [0.5, 0.6) is 0 Å². The van der Waals surface area contributed by atoms with Gasteiger partial charge in [0.05, 0.1) is 5.69 Å². The minimum absolute atomic E-state index is 0.333. The van der Waals surface area contributed by atoms with E-state index in [1.807, 2.05) is 0 Å². The Hall–Kier alpha value is -2.00. The molecule has 22 heavy (non-hydrogen) atoms. The first kappa shape index (κ1) is 14.9. The van der Waals surface area contributed by atoms with Crippen LogP contribution >= 0.6 is 11.3 Å². The average Bonchev–Trinajstić information content (AvgIpc) is 2.76. The maximum Gasteiger partial charge on any atom is 0.222 e. The third-order valence-corrected chi connectivity index (χ3v) is 4.35. The van der Waals surface area contributed by atoms with E-state index < -0.39 is 0 Å². The number of nitrogens with two attached hydrogens (primary N) is 2. The van der Waals surface area contributed by atoms with E-state index in [4.69, 9.17) is 11.5 Å². The molecule has 0 aliphatic carbocycles. The molecule has 0 aromatic carbocycles. The van der Waals surface area contributed by atoms with Gasteiger partial charge in [0.2, 0.25) is 11.1 Å². The van der Waals surface area contributed by atoms with Crippen molar-refractivity contribution in [1.29, 1.82) is 0 Å². The van der Waals surface area contributed by atoms with Crippen LogP contribution in [0.2, 0.25) is 0 Å². The molecule has 2 aromatic heterocycles. The molecule has 9 heteroatoms. The van der Waals surface area contributed by atoms with E-state index in [2.05, 4.69) is 30.8 Å². The minimum atomic E-state index is 0.333. The molecule has 0 atom stereocenters. The fourth-order valence-electron chi connectivity index (χ4n) is 2.52. The Kier molecular flexibility index (Phi) is 4.64. The Bertz CT molecular complexity index is 641. The van der Waals surface area contributed by atoms with Crippen LogP contribution < -0.4 is 22.1 Å². The molecule has 3 heterocycles. The SMILES string of the molecule is Nc1nc2c(c(NCCCc3nnc(N)s3)n1)CCNCC2. The fraction of sp³-hybridized carbons (Fsp3) is 0.538. The molecule has 2 aromatic rings. The summed E-state index contributed by atoms with van der Waals surface area (Å²) in [5, 5.41) is 16.1. The Morgan fingerprint density at radius 2 is 2.00 bits per heavy atom. The van der Waals surface area contributed by atoms with Crippen LogP contribution in [0.4, 0.5) is 16.9 Å². The van der Waals surface area contributed by atoms with Crippen LogP contribution in [0.1, 0.15) is 22.7 Å². The topological polar surface area (TPSA) is 128 Å². The highest BCUT2D eigenvalue weighted by Gasteiger charge is 2.15. The summed E-state index contributed by atoms with van der Waals surface area (Å²) in [6.45, 7) is 2.68. The summed E-state index contributed by atoms with van der Waals surface area (Å²) < 4.78 is 0. The molecule has 8 nitrogen and oxygen atoms in total. The average molecular weight is 320 g/mol.